The van der Waals surface area contributed by atoms with Gasteiger partial charge in [-0.3, -0.25) is 0 Å². The van der Waals surface area contributed by atoms with Crippen LogP contribution >= 0.6 is 0 Å². The van der Waals surface area contributed by atoms with Gasteiger partial charge >= 0.3 is 0 Å². The minimum atomic E-state index is -3.65. The van der Waals surface area contributed by atoms with Gasteiger partial charge in [-0.15, -0.1) is 0 Å². The van der Waals surface area contributed by atoms with E-state index >= 15 is 0 Å². The molecule has 3 rings (SSSR count). The summed E-state index contributed by atoms with van der Waals surface area (Å²) in [5.41, 5.74) is 4.08. The first-order chi connectivity index (χ1) is 10.4. The summed E-state index contributed by atoms with van der Waals surface area (Å²) in [6.07, 6.45) is 3.37. The molecular formula is C16H20N2O3S. The van der Waals surface area contributed by atoms with Crippen LogP contribution < -0.4 is 4.72 Å². The van der Waals surface area contributed by atoms with Gasteiger partial charge in [-0.2, -0.15) is 0 Å². The predicted octanol–water partition coefficient (Wildman–Crippen LogP) is 2.82. The highest BCUT2D eigenvalue weighted by Crippen LogP contribution is 2.27. The number of aromatic nitrogens is 1. The number of aryl methyl sites for hydroxylation is 4. The molecule has 1 heterocycles. The third-order valence-corrected chi connectivity index (χ3v) is 5.98. The molecule has 0 fully saturated rings. The number of hydrogen-bond acceptors (Lipinski definition) is 4. The van der Waals surface area contributed by atoms with E-state index in [0.29, 0.717) is 11.5 Å². The Labute approximate surface area is 130 Å². The molecule has 2 aromatic rings. The normalized spacial score (nSPS) is 15.8. The van der Waals surface area contributed by atoms with Crippen LogP contribution in [0, 0.1) is 13.8 Å². The van der Waals surface area contributed by atoms with Crippen LogP contribution in [0.4, 0.5) is 0 Å². The maximum Gasteiger partial charge on any atom is 0.246 e. The Morgan fingerprint density at radius 3 is 2.64 bits per heavy atom. The minimum Gasteiger partial charge on any atom is -0.360 e. The molecule has 6 heteroatoms. The first-order valence-electron chi connectivity index (χ1n) is 7.45. The van der Waals surface area contributed by atoms with Crippen molar-refractivity contribution in [3.63, 3.8) is 0 Å². The van der Waals surface area contributed by atoms with E-state index in [0.717, 1.165) is 18.4 Å². The SMILES string of the molecule is Cc1noc(C)c1S(=O)(=O)NC(C)c1ccc2c(c1)CCC2. The molecule has 0 saturated heterocycles. The molecular weight excluding hydrogens is 300 g/mol. The second-order valence-corrected chi connectivity index (χ2v) is 7.53. The van der Waals surface area contributed by atoms with Crippen molar-refractivity contribution in [1.82, 2.24) is 9.88 Å². The number of fused-ring (bicyclic) bond motifs is 1. The van der Waals surface area contributed by atoms with E-state index in [1.807, 2.05) is 13.0 Å². The quantitative estimate of drug-likeness (QED) is 0.940. The van der Waals surface area contributed by atoms with E-state index in [4.69, 9.17) is 4.52 Å². The summed E-state index contributed by atoms with van der Waals surface area (Å²) in [6.45, 7) is 5.09. The second-order valence-electron chi connectivity index (χ2n) is 5.88. The summed E-state index contributed by atoms with van der Waals surface area (Å²) in [5, 5.41) is 3.72. The first kappa shape index (κ1) is 15.2. The fraction of sp³-hybridized carbons (Fsp3) is 0.438. The highest BCUT2D eigenvalue weighted by Gasteiger charge is 2.26. The molecule has 0 spiro atoms. The highest BCUT2D eigenvalue weighted by atomic mass is 32.2. The Hall–Kier alpha value is -1.66. The molecule has 0 radical (unpaired) electrons. The van der Waals surface area contributed by atoms with Crippen molar-refractivity contribution < 1.29 is 12.9 Å². The Morgan fingerprint density at radius 2 is 1.95 bits per heavy atom. The van der Waals surface area contributed by atoms with Gasteiger partial charge < -0.3 is 4.52 Å². The molecule has 1 aromatic heterocycles. The third-order valence-electron chi connectivity index (χ3n) is 4.19. The standard InChI is InChI=1S/C16H20N2O3S/c1-10(14-8-7-13-5-4-6-15(13)9-14)18-22(19,20)16-11(2)17-21-12(16)3/h7-10,18H,4-6H2,1-3H3. The number of rotatable bonds is 4. The maximum atomic E-state index is 12.5. The van der Waals surface area contributed by atoms with E-state index in [2.05, 4.69) is 22.0 Å². The Morgan fingerprint density at radius 1 is 1.23 bits per heavy atom. The average Bonchev–Trinajstić information content (AvgIpc) is 3.04. The van der Waals surface area contributed by atoms with Crippen molar-refractivity contribution >= 4 is 10.0 Å². The summed E-state index contributed by atoms with van der Waals surface area (Å²) in [4.78, 5) is 0.139. The molecule has 1 unspecified atom stereocenters. The molecule has 1 N–H and O–H groups in total. The van der Waals surface area contributed by atoms with E-state index in [9.17, 15) is 8.42 Å². The van der Waals surface area contributed by atoms with Crippen LogP contribution in [0.25, 0.3) is 0 Å². The van der Waals surface area contributed by atoms with E-state index < -0.39 is 10.0 Å². The Balaban J connectivity index is 1.86. The lowest BCUT2D eigenvalue weighted by Crippen LogP contribution is -2.27. The largest absolute Gasteiger partial charge is 0.360 e. The van der Waals surface area contributed by atoms with Gasteiger partial charge in [-0.25, -0.2) is 13.1 Å². The Bertz CT molecular complexity index is 789. The summed E-state index contributed by atoms with van der Waals surface area (Å²) >= 11 is 0. The van der Waals surface area contributed by atoms with Gasteiger partial charge in [0.1, 0.15) is 10.6 Å². The number of benzene rings is 1. The van der Waals surface area contributed by atoms with Crippen LogP contribution in [-0.4, -0.2) is 13.6 Å². The van der Waals surface area contributed by atoms with Crippen LogP contribution in [0.3, 0.4) is 0 Å². The molecule has 22 heavy (non-hydrogen) atoms. The van der Waals surface area contributed by atoms with Crippen LogP contribution in [0.1, 0.15) is 47.5 Å². The zero-order valence-electron chi connectivity index (χ0n) is 13.0. The molecule has 1 aliphatic carbocycles. The molecule has 5 nitrogen and oxygen atoms in total. The van der Waals surface area contributed by atoms with Gasteiger partial charge in [0, 0.05) is 6.04 Å². The van der Waals surface area contributed by atoms with E-state index in [1.165, 1.54) is 17.5 Å². The third kappa shape index (κ3) is 2.68. The van der Waals surface area contributed by atoms with Crippen molar-refractivity contribution in [1.29, 1.82) is 0 Å². The van der Waals surface area contributed by atoms with Crippen LogP contribution in [0.15, 0.2) is 27.6 Å². The molecule has 0 aliphatic heterocycles. The predicted molar refractivity (Wildman–Crippen MR) is 83.2 cm³/mol. The monoisotopic (exact) mass is 320 g/mol. The van der Waals surface area contributed by atoms with Gasteiger partial charge in [0.2, 0.25) is 10.0 Å². The number of nitrogens with zero attached hydrogens (tertiary/aromatic N) is 1. The summed E-state index contributed by atoms with van der Waals surface area (Å²) in [6, 6.07) is 5.93. The summed E-state index contributed by atoms with van der Waals surface area (Å²) in [7, 11) is -3.65. The highest BCUT2D eigenvalue weighted by molar-refractivity contribution is 7.89. The molecule has 1 aliphatic rings. The van der Waals surface area contributed by atoms with E-state index in [1.54, 1.807) is 13.8 Å². The fourth-order valence-electron chi connectivity index (χ4n) is 3.08. The van der Waals surface area contributed by atoms with Gasteiger partial charge in [0.15, 0.2) is 5.76 Å². The minimum absolute atomic E-state index is 0.139. The number of nitrogens with one attached hydrogen (secondary N) is 1. The molecule has 118 valence electrons. The smallest absolute Gasteiger partial charge is 0.246 e. The Kier molecular flexibility index (Phi) is 3.82. The zero-order chi connectivity index (χ0) is 15.9. The van der Waals surface area contributed by atoms with Gasteiger partial charge in [-0.1, -0.05) is 23.4 Å². The lowest BCUT2D eigenvalue weighted by atomic mass is 10.0. The van der Waals surface area contributed by atoms with Gasteiger partial charge in [-0.05, 0) is 56.7 Å². The maximum absolute atomic E-state index is 12.5. The second kappa shape index (κ2) is 5.52. The van der Waals surface area contributed by atoms with Gasteiger partial charge in [0.25, 0.3) is 0 Å². The first-order valence-corrected chi connectivity index (χ1v) is 8.93. The number of sulfonamides is 1. The van der Waals surface area contributed by atoms with Crippen molar-refractivity contribution in [2.24, 2.45) is 0 Å². The molecule has 0 bridgehead atoms. The van der Waals surface area contributed by atoms with Gasteiger partial charge in [0.05, 0.1) is 0 Å². The van der Waals surface area contributed by atoms with Crippen LogP contribution in [0.2, 0.25) is 0 Å². The van der Waals surface area contributed by atoms with Crippen molar-refractivity contribution in [2.45, 2.75) is 51.0 Å². The van der Waals surface area contributed by atoms with Crippen molar-refractivity contribution in [3.05, 3.63) is 46.3 Å². The van der Waals surface area contributed by atoms with Crippen LogP contribution in [0.5, 0.6) is 0 Å². The van der Waals surface area contributed by atoms with Crippen molar-refractivity contribution in [3.8, 4) is 0 Å². The number of hydrogen-bond donors (Lipinski definition) is 1. The lowest BCUT2D eigenvalue weighted by molar-refractivity contribution is 0.390. The van der Waals surface area contributed by atoms with Crippen LogP contribution in [-0.2, 0) is 22.9 Å². The lowest BCUT2D eigenvalue weighted by Gasteiger charge is -2.15. The summed E-state index contributed by atoms with van der Waals surface area (Å²) in [5.74, 6) is 0.311. The molecule has 0 saturated carbocycles. The fourth-order valence-corrected chi connectivity index (χ4v) is 4.64. The molecule has 1 aromatic carbocycles. The topological polar surface area (TPSA) is 72.2 Å². The summed E-state index contributed by atoms with van der Waals surface area (Å²) < 4.78 is 32.8. The van der Waals surface area contributed by atoms with E-state index in [-0.39, 0.29) is 10.9 Å². The molecule has 1 atom stereocenters. The zero-order valence-corrected chi connectivity index (χ0v) is 13.8. The average molecular weight is 320 g/mol. The van der Waals surface area contributed by atoms with Crippen molar-refractivity contribution in [2.75, 3.05) is 0 Å². The molecule has 0 amide bonds.